The van der Waals surface area contributed by atoms with Gasteiger partial charge in [-0.15, -0.1) is 11.3 Å². The van der Waals surface area contributed by atoms with Crippen molar-refractivity contribution in [1.82, 2.24) is 15.3 Å². The maximum atomic E-state index is 12.7. The number of Topliss-reactive ketones (excluding diaryl/α,β-unsaturated/α-hetero) is 1. The summed E-state index contributed by atoms with van der Waals surface area (Å²) in [5.74, 6) is -3.63. The number of ketones is 1. The van der Waals surface area contributed by atoms with Crippen LogP contribution in [0.5, 0.6) is 0 Å². The van der Waals surface area contributed by atoms with Gasteiger partial charge in [0.1, 0.15) is 11.6 Å². The van der Waals surface area contributed by atoms with E-state index in [1.807, 2.05) is 6.92 Å². The number of aromatic nitrogens is 2. The molecular weight excluding hydrogens is 523 g/mol. The number of hydrogen-bond donors (Lipinski definition) is 2. The minimum atomic E-state index is -5.29. The number of imidazole rings is 1. The molecule has 3 aromatic rings. The molecule has 0 spiro atoms. The van der Waals surface area contributed by atoms with E-state index in [1.54, 1.807) is 23.6 Å². The molecule has 1 atom stereocenters. The smallest absolute Gasteiger partial charge is 0.383 e. The van der Waals surface area contributed by atoms with Crippen molar-refractivity contribution in [3.63, 3.8) is 0 Å². The molecule has 202 valence electrons. The van der Waals surface area contributed by atoms with Gasteiger partial charge in [-0.2, -0.15) is 13.2 Å². The number of H-pyrrole nitrogens is 1. The van der Waals surface area contributed by atoms with Crippen LogP contribution in [0.4, 0.5) is 13.2 Å². The molecule has 0 aliphatic heterocycles. The van der Waals surface area contributed by atoms with E-state index in [-0.39, 0.29) is 17.3 Å². The number of carbonyl (C=O) groups excluding carboxylic acids is 4. The van der Waals surface area contributed by atoms with E-state index < -0.39 is 24.2 Å². The van der Waals surface area contributed by atoms with E-state index in [1.165, 1.54) is 35.7 Å². The van der Waals surface area contributed by atoms with Gasteiger partial charge in [0.2, 0.25) is 0 Å². The normalized spacial score (nSPS) is 12.1. The highest BCUT2D eigenvalue weighted by molar-refractivity contribution is 7.12. The molecule has 2 N–H and O–H groups in total. The first-order chi connectivity index (χ1) is 18.1. The number of carbonyl (C=O) groups is 4. The third-order valence-corrected chi connectivity index (χ3v) is 6.51. The van der Waals surface area contributed by atoms with Gasteiger partial charge in [-0.25, -0.2) is 14.6 Å². The number of nitrogens with zero attached hydrogens (tertiary/aromatic N) is 1. The van der Waals surface area contributed by atoms with Crippen LogP contribution >= 0.6 is 11.3 Å². The predicted octanol–water partition coefficient (Wildman–Crippen LogP) is 5.78. The number of amides is 1. The Kier molecular flexibility index (Phi) is 9.94. The Morgan fingerprint density at radius 2 is 1.89 bits per heavy atom. The average molecular weight is 550 g/mol. The molecule has 0 fully saturated rings. The topological polar surface area (TPSA) is 118 Å². The Balaban J connectivity index is 1.74. The number of aromatic amines is 1. The standard InChI is InChI=1S/C26H26F3N3O5S/c1-2-18(33)10-4-3-5-11-19(32-23(34)21-12-7-13-38-21)22-30-15-20(31-22)16-8-6-9-17(14-16)24(35)37-25(36)26(27,28)29/h6-9,12-15,19H,2-5,10-11H2,1H3,(H,30,31)(H,32,34)/t19-/m0/s1. The molecule has 0 bridgehead atoms. The number of ether oxygens (including phenoxy) is 1. The first-order valence-corrected chi connectivity index (χ1v) is 12.8. The maximum absolute atomic E-state index is 12.7. The Bertz CT molecular complexity index is 1270. The number of esters is 2. The van der Waals surface area contributed by atoms with Crippen LogP contribution in [-0.2, 0) is 14.3 Å². The van der Waals surface area contributed by atoms with Crippen molar-refractivity contribution in [2.45, 2.75) is 57.7 Å². The summed E-state index contributed by atoms with van der Waals surface area (Å²) in [6.45, 7) is 1.83. The van der Waals surface area contributed by atoms with Gasteiger partial charge in [-0.3, -0.25) is 9.59 Å². The molecule has 38 heavy (non-hydrogen) atoms. The van der Waals surface area contributed by atoms with Crippen molar-refractivity contribution in [2.24, 2.45) is 0 Å². The molecule has 0 aliphatic carbocycles. The van der Waals surface area contributed by atoms with Crippen molar-refractivity contribution in [2.75, 3.05) is 0 Å². The molecule has 0 unspecified atom stereocenters. The monoisotopic (exact) mass is 549 g/mol. The number of rotatable bonds is 12. The van der Waals surface area contributed by atoms with Crippen LogP contribution in [0.15, 0.2) is 48.0 Å². The molecule has 1 aromatic carbocycles. The first kappa shape index (κ1) is 28.8. The molecular formula is C26H26F3N3O5S. The number of benzene rings is 1. The molecule has 8 nitrogen and oxygen atoms in total. The summed E-state index contributed by atoms with van der Waals surface area (Å²) in [5, 5.41) is 4.76. The SMILES string of the molecule is CCC(=O)CCCCC[C@H](NC(=O)c1cccs1)c1ncc(-c2cccc(C(=O)OC(=O)C(F)(F)F)c2)[nH]1. The molecule has 3 rings (SSSR count). The van der Waals surface area contributed by atoms with Crippen molar-refractivity contribution in [1.29, 1.82) is 0 Å². The van der Waals surface area contributed by atoms with E-state index in [0.29, 0.717) is 41.2 Å². The minimum absolute atomic E-state index is 0.206. The van der Waals surface area contributed by atoms with Gasteiger partial charge in [-0.05, 0) is 36.4 Å². The van der Waals surface area contributed by atoms with Gasteiger partial charge in [0, 0.05) is 18.4 Å². The quantitative estimate of drug-likeness (QED) is 0.168. The molecule has 12 heteroatoms. The molecule has 1 amide bonds. The van der Waals surface area contributed by atoms with Gasteiger partial charge in [-0.1, -0.05) is 38.0 Å². The van der Waals surface area contributed by atoms with Crippen molar-refractivity contribution >= 4 is 35.0 Å². The third kappa shape index (κ3) is 8.10. The number of hydrogen-bond acceptors (Lipinski definition) is 7. The summed E-state index contributed by atoms with van der Waals surface area (Å²) < 4.78 is 41.2. The lowest BCUT2D eigenvalue weighted by molar-refractivity contribution is -0.193. The second kappa shape index (κ2) is 13.1. The molecule has 0 saturated heterocycles. The lowest BCUT2D eigenvalue weighted by Crippen LogP contribution is -2.28. The van der Waals surface area contributed by atoms with Crippen LogP contribution in [-0.4, -0.2) is 39.8 Å². The molecule has 0 aliphatic rings. The zero-order valence-electron chi connectivity index (χ0n) is 20.5. The maximum Gasteiger partial charge on any atom is 0.491 e. The fourth-order valence-electron chi connectivity index (χ4n) is 3.61. The van der Waals surface area contributed by atoms with Gasteiger partial charge in [0.05, 0.1) is 28.4 Å². The van der Waals surface area contributed by atoms with Crippen molar-refractivity contribution in [3.8, 4) is 11.3 Å². The van der Waals surface area contributed by atoms with Gasteiger partial charge >= 0.3 is 18.1 Å². The van der Waals surface area contributed by atoms with Crippen molar-refractivity contribution in [3.05, 3.63) is 64.2 Å². The second-order valence-electron chi connectivity index (χ2n) is 8.43. The summed E-state index contributed by atoms with van der Waals surface area (Å²) >= 11 is 1.30. The zero-order valence-corrected chi connectivity index (χ0v) is 21.3. The fourth-order valence-corrected chi connectivity index (χ4v) is 4.24. The lowest BCUT2D eigenvalue weighted by Gasteiger charge is -2.16. The van der Waals surface area contributed by atoms with E-state index in [0.717, 1.165) is 19.3 Å². The Morgan fingerprint density at radius 3 is 2.58 bits per heavy atom. The highest BCUT2D eigenvalue weighted by Gasteiger charge is 2.42. The predicted molar refractivity (Wildman–Crippen MR) is 133 cm³/mol. The molecule has 0 saturated carbocycles. The number of alkyl halides is 3. The Hall–Kier alpha value is -3.80. The van der Waals surface area contributed by atoms with Crippen LogP contribution in [0.25, 0.3) is 11.3 Å². The lowest BCUT2D eigenvalue weighted by atomic mass is 10.0. The molecule has 0 radical (unpaired) electrons. The minimum Gasteiger partial charge on any atom is -0.383 e. The average Bonchev–Trinajstić information content (AvgIpc) is 3.60. The highest BCUT2D eigenvalue weighted by atomic mass is 32.1. The molecule has 2 aromatic heterocycles. The number of nitrogens with one attached hydrogen (secondary N) is 2. The fraction of sp³-hybridized carbons (Fsp3) is 0.346. The summed E-state index contributed by atoms with van der Waals surface area (Å²) in [6, 6.07) is 8.52. The van der Waals surface area contributed by atoms with Crippen LogP contribution in [0.1, 0.15) is 77.3 Å². The van der Waals surface area contributed by atoms with Gasteiger partial charge < -0.3 is 15.0 Å². The van der Waals surface area contributed by atoms with Crippen LogP contribution in [0, 0.1) is 0 Å². The van der Waals surface area contributed by atoms with Crippen LogP contribution in [0.2, 0.25) is 0 Å². The summed E-state index contributed by atoms with van der Waals surface area (Å²) in [7, 11) is 0. The second-order valence-corrected chi connectivity index (χ2v) is 9.38. The van der Waals surface area contributed by atoms with E-state index in [9.17, 15) is 32.3 Å². The highest BCUT2D eigenvalue weighted by Crippen LogP contribution is 2.25. The van der Waals surface area contributed by atoms with E-state index in [2.05, 4.69) is 20.0 Å². The van der Waals surface area contributed by atoms with Crippen LogP contribution in [0.3, 0.4) is 0 Å². The number of halogens is 3. The first-order valence-electron chi connectivity index (χ1n) is 11.9. The summed E-state index contributed by atoms with van der Waals surface area (Å²) in [4.78, 5) is 55.3. The van der Waals surface area contributed by atoms with Gasteiger partial charge in [0.25, 0.3) is 5.91 Å². The molecule has 2 heterocycles. The van der Waals surface area contributed by atoms with E-state index >= 15 is 0 Å². The van der Waals surface area contributed by atoms with Crippen molar-refractivity contribution < 1.29 is 37.1 Å². The Labute approximate surface area is 220 Å². The largest absolute Gasteiger partial charge is 0.491 e. The number of unbranched alkanes of at least 4 members (excludes halogenated alkanes) is 2. The summed E-state index contributed by atoms with van der Waals surface area (Å²) in [5.41, 5.74) is 0.611. The number of thiophene rings is 1. The van der Waals surface area contributed by atoms with E-state index in [4.69, 9.17) is 0 Å². The third-order valence-electron chi connectivity index (χ3n) is 5.64. The van der Waals surface area contributed by atoms with Crippen LogP contribution < -0.4 is 5.32 Å². The zero-order chi connectivity index (χ0) is 27.7. The van der Waals surface area contributed by atoms with Gasteiger partial charge in [0.15, 0.2) is 0 Å². The summed E-state index contributed by atoms with van der Waals surface area (Å²) in [6.07, 6.45) is 0.0395. The Morgan fingerprint density at radius 1 is 1.11 bits per heavy atom.